The van der Waals surface area contributed by atoms with Crippen LogP contribution in [0.3, 0.4) is 0 Å². The molecule has 0 amide bonds. The molecule has 0 unspecified atom stereocenters. The van der Waals surface area contributed by atoms with Crippen molar-refractivity contribution in [3.05, 3.63) is 176 Å². The number of benzene rings is 8. The molecule has 0 atom stereocenters. The lowest BCUT2D eigenvalue weighted by Crippen LogP contribution is -2.49. The maximum atomic E-state index is 2.53. The van der Waals surface area contributed by atoms with Gasteiger partial charge in [0.2, 0.25) is 0 Å². The summed E-state index contributed by atoms with van der Waals surface area (Å²) in [6, 6.07) is 66.2. The fourth-order valence-corrected chi connectivity index (χ4v) is 15.3. The lowest BCUT2D eigenvalue weighted by Gasteiger charge is -2.29. The predicted molar refractivity (Wildman–Crippen MR) is 234 cm³/mol. The van der Waals surface area contributed by atoms with E-state index in [9.17, 15) is 0 Å². The number of hydrogen-bond donors (Lipinski definition) is 0. The SMILES string of the molecule is C[Si]1(C)c2ccccc2-c2cc(N(c3cccc(-c4ccc5ccccc5c4)c3)c3ccc4c(c3)[Si](C)(C)c3cc(-c5ccccc5)ccc3-4)ccc21. The van der Waals surface area contributed by atoms with Crippen molar-refractivity contribution in [1.82, 2.24) is 0 Å². The summed E-state index contributed by atoms with van der Waals surface area (Å²) < 4.78 is 0. The van der Waals surface area contributed by atoms with E-state index >= 15 is 0 Å². The first kappa shape index (κ1) is 31.9. The molecule has 2 aliphatic heterocycles. The fraction of sp³-hybridized carbons (Fsp3) is 0.0800. The second kappa shape index (κ2) is 11.9. The van der Waals surface area contributed by atoms with Crippen molar-refractivity contribution >= 4 is 64.7 Å². The van der Waals surface area contributed by atoms with Crippen LogP contribution < -0.4 is 25.6 Å². The van der Waals surface area contributed by atoms with Gasteiger partial charge in [0.05, 0.1) is 0 Å². The van der Waals surface area contributed by atoms with Crippen LogP contribution >= 0.6 is 0 Å². The largest absolute Gasteiger partial charge is 0.310 e. The summed E-state index contributed by atoms with van der Waals surface area (Å²) >= 11 is 0. The number of nitrogens with zero attached hydrogens (tertiary/aromatic N) is 1. The Balaban J connectivity index is 1.14. The van der Waals surface area contributed by atoms with Crippen LogP contribution in [-0.2, 0) is 0 Å². The summed E-state index contributed by atoms with van der Waals surface area (Å²) in [7, 11) is -3.80. The molecule has 3 heteroatoms. The number of hydrogen-bond acceptors (Lipinski definition) is 1. The van der Waals surface area contributed by atoms with Crippen molar-refractivity contribution in [2.24, 2.45) is 0 Å². The zero-order valence-corrected chi connectivity index (χ0v) is 32.7. The monoisotopic (exact) mass is 711 g/mol. The predicted octanol–water partition coefficient (Wildman–Crippen LogP) is 11.2. The zero-order chi connectivity index (χ0) is 35.9. The Morgan fingerprint density at radius 3 is 1.70 bits per heavy atom. The third-order valence-corrected chi connectivity index (χ3v) is 19.1. The van der Waals surface area contributed by atoms with E-state index in [2.05, 4.69) is 207 Å². The van der Waals surface area contributed by atoms with Crippen LogP contribution in [0.25, 0.3) is 55.3 Å². The second-order valence-electron chi connectivity index (χ2n) is 15.8. The Hall–Kier alpha value is -5.75. The Kier molecular flexibility index (Phi) is 7.17. The van der Waals surface area contributed by atoms with Gasteiger partial charge in [-0.2, -0.15) is 0 Å². The van der Waals surface area contributed by atoms with Gasteiger partial charge >= 0.3 is 0 Å². The van der Waals surface area contributed by atoms with E-state index in [-0.39, 0.29) is 0 Å². The highest BCUT2D eigenvalue weighted by Crippen LogP contribution is 2.41. The summed E-state index contributed by atoms with van der Waals surface area (Å²) in [5.74, 6) is 0. The van der Waals surface area contributed by atoms with E-state index in [4.69, 9.17) is 0 Å². The Bertz CT molecular complexity index is 2740. The topological polar surface area (TPSA) is 3.24 Å². The van der Waals surface area contributed by atoms with E-state index in [1.807, 2.05) is 0 Å². The van der Waals surface area contributed by atoms with Gasteiger partial charge in [-0.3, -0.25) is 0 Å². The molecule has 1 nitrogen and oxygen atoms in total. The average Bonchev–Trinajstić information content (AvgIpc) is 3.57. The molecule has 2 heterocycles. The lowest BCUT2D eigenvalue weighted by atomic mass is 9.99. The van der Waals surface area contributed by atoms with Gasteiger partial charge in [0.25, 0.3) is 0 Å². The maximum Gasteiger partial charge on any atom is 0.113 e. The molecule has 8 aromatic carbocycles. The first-order chi connectivity index (χ1) is 25.8. The number of anilines is 3. The Labute approximate surface area is 314 Å². The van der Waals surface area contributed by atoms with Gasteiger partial charge in [-0.1, -0.05) is 160 Å². The summed E-state index contributed by atoms with van der Waals surface area (Å²) in [4.78, 5) is 2.50. The molecule has 254 valence electrons. The average molecular weight is 712 g/mol. The molecular weight excluding hydrogens is 671 g/mol. The molecule has 2 aliphatic rings. The van der Waals surface area contributed by atoms with Gasteiger partial charge in [0, 0.05) is 17.1 Å². The summed E-state index contributed by atoms with van der Waals surface area (Å²) in [6.07, 6.45) is 0. The van der Waals surface area contributed by atoms with Crippen LogP contribution in [0.15, 0.2) is 176 Å². The maximum absolute atomic E-state index is 2.53. The highest BCUT2D eigenvalue weighted by Gasteiger charge is 2.39. The third kappa shape index (κ3) is 5.03. The van der Waals surface area contributed by atoms with E-state index in [1.165, 1.54) is 93.1 Å². The third-order valence-electron chi connectivity index (χ3n) is 12.0. The van der Waals surface area contributed by atoms with Crippen molar-refractivity contribution in [2.75, 3.05) is 4.90 Å². The fourth-order valence-electron chi connectivity index (χ4n) is 9.16. The lowest BCUT2D eigenvalue weighted by molar-refractivity contribution is 1.29. The van der Waals surface area contributed by atoms with Gasteiger partial charge < -0.3 is 4.90 Å². The smallest absolute Gasteiger partial charge is 0.113 e. The van der Waals surface area contributed by atoms with Crippen LogP contribution in [0.4, 0.5) is 17.1 Å². The van der Waals surface area contributed by atoms with E-state index in [0.29, 0.717) is 0 Å². The van der Waals surface area contributed by atoms with Crippen molar-refractivity contribution in [3.63, 3.8) is 0 Å². The molecule has 0 aliphatic carbocycles. The minimum Gasteiger partial charge on any atom is -0.310 e. The standard InChI is InChI=1S/C50H41NSi2/c1-52(2)47-20-11-10-19-43(47)46-32-41(25-28-48(46)52)51(40-18-12-17-37(30-40)38-22-21-35-15-8-9-16-36(35)29-38)42-24-27-45-44-26-23-39(34-13-6-5-7-14-34)31-49(44)53(3,4)50(45)33-42/h5-33H,1-4H3. The number of rotatable bonds is 5. The van der Waals surface area contributed by atoms with Gasteiger partial charge in [-0.05, 0) is 118 Å². The molecule has 0 fully saturated rings. The van der Waals surface area contributed by atoms with Gasteiger partial charge in [0.15, 0.2) is 0 Å². The van der Waals surface area contributed by atoms with Gasteiger partial charge in [-0.15, -0.1) is 0 Å². The van der Waals surface area contributed by atoms with E-state index in [0.717, 1.165) is 0 Å². The van der Waals surface area contributed by atoms with E-state index < -0.39 is 16.1 Å². The van der Waals surface area contributed by atoms with Gasteiger partial charge in [-0.25, -0.2) is 0 Å². The molecule has 0 radical (unpaired) electrons. The quantitative estimate of drug-likeness (QED) is 0.161. The van der Waals surface area contributed by atoms with Crippen LogP contribution in [0, 0.1) is 0 Å². The summed E-state index contributed by atoms with van der Waals surface area (Å²) in [5, 5.41) is 8.62. The Morgan fingerprint density at radius 2 is 0.849 bits per heavy atom. The molecular formula is C50H41NSi2. The second-order valence-corrected chi connectivity index (χ2v) is 24.5. The zero-order valence-electron chi connectivity index (χ0n) is 30.7. The van der Waals surface area contributed by atoms with Crippen molar-refractivity contribution in [1.29, 1.82) is 0 Å². The van der Waals surface area contributed by atoms with Crippen molar-refractivity contribution in [2.45, 2.75) is 26.2 Å². The highest BCUT2D eigenvalue weighted by atomic mass is 28.3. The van der Waals surface area contributed by atoms with Crippen molar-refractivity contribution < 1.29 is 0 Å². The molecule has 0 saturated heterocycles. The van der Waals surface area contributed by atoms with Crippen LogP contribution in [0.1, 0.15) is 0 Å². The van der Waals surface area contributed by atoms with Crippen molar-refractivity contribution in [3.8, 4) is 44.5 Å². The van der Waals surface area contributed by atoms with Gasteiger partial charge in [0.1, 0.15) is 16.1 Å². The van der Waals surface area contributed by atoms with Crippen LogP contribution in [0.5, 0.6) is 0 Å². The summed E-state index contributed by atoms with van der Waals surface area (Å²) in [5.41, 5.74) is 14.2. The molecule has 8 aromatic rings. The number of fused-ring (bicyclic) bond motifs is 7. The minimum absolute atomic E-state index is 1.17. The molecule has 0 saturated carbocycles. The molecule has 10 rings (SSSR count). The summed E-state index contributed by atoms with van der Waals surface area (Å²) in [6.45, 7) is 10.0. The molecule has 0 spiro atoms. The van der Waals surface area contributed by atoms with Crippen LogP contribution in [-0.4, -0.2) is 16.1 Å². The van der Waals surface area contributed by atoms with Crippen LogP contribution in [0.2, 0.25) is 26.2 Å². The molecule has 0 N–H and O–H groups in total. The molecule has 53 heavy (non-hydrogen) atoms. The minimum atomic E-state index is -2.02. The molecule has 0 aromatic heterocycles. The normalized spacial score (nSPS) is 14.3. The first-order valence-corrected chi connectivity index (χ1v) is 24.8. The Morgan fingerprint density at radius 1 is 0.302 bits per heavy atom. The highest BCUT2D eigenvalue weighted by molar-refractivity contribution is 7.04. The first-order valence-electron chi connectivity index (χ1n) is 18.8. The molecule has 0 bridgehead atoms. The van der Waals surface area contributed by atoms with E-state index in [1.54, 1.807) is 0 Å².